The minimum atomic E-state index is -0.448. The van der Waals surface area contributed by atoms with Gasteiger partial charge in [0.1, 0.15) is 5.60 Å². The zero-order valence-electron chi connectivity index (χ0n) is 12.7. The molecule has 0 aromatic heterocycles. The zero-order chi connectivity index (χ0) is 14.8. The van der Waals surface area contributed by atoms with Gasteiger partial charge >= 0.3 is 6.09 Å². The lowest BCUT2D eigenvalue weighted by molar-refractivity contribution is 0.0445. The van der Waals surface area contributed by atoms with Gasteiger partial charge in [-0.3, -0.25) is 4.90 Å². The maximum atomic E-state index is 11.8. The molecule has 5 heteroatoms. The van der Waals surface area contributed by atoms with Crippen molar-refractivity contribution in [3.8, 4) is 6.07 Å². The Balaban J connectivity index is 1.84. The smallest absolute Gasteiger partial charge is 0.407 e. The van der Waals surface area contributed by atoms with Crippen LogP contribution in [-0.4, -0.2) is 41.3 Å². The number of carbonyl (C=O) groups excluding carboxylic acids is 1. The van der Waals surface area contributed by atoms with Crippen molar-refractivity contribution >= 4 is 6.09 Å². The van der Waals surface area contributed by atoms with E-state index in [-0.39, 0.29) is 12.1 Å². The molecule has 112 valence electrons. The van der Waals surface area contributed by atoms with Crippen LogP contribution >= 0.6 is 0 Å². The first-order valence-electron chi connectivity index (χ1n) is 7.51. The number of rotatable bonds is 3. The van der Waals surface area contributed by atoms with Crippen LogP contribution in [0.4, 0.5) is 4.79 Å². The van der Waals surface area contributed by atoms with E-state index in [1.807, 2.05) is 20.8 Å². The average Bonchev–Trinajstić information content (AvgIpc) is 2.55. The Labute approximate surface area is 121 Å². The van der Waals surface area contributed by atoms with E-state index < -0.39 is 5.60 Å². The number of hydrogen-bond donors (Lipinski definition) is 1. The summed E-state index contributed by atoms with van der Waals surface area (Å²) in [5.41, 5.74) is -0.448. The Kier molecular flexibility index (Phi) is 4.54. The number of nitrogens with zero attached hydrogens (tertiary/aromatic N) is 2. The largest absolute Gasteiger partial charge is 0.444 e. The van der Waals surface area contributed by atoms with Crippen LogP contribution < -0.4 is 5.32 Å². The number of ether oxygens (including phenoxy) is 1. The summed E-state index contributed by atoms with van der Waals surface area (Å²) in [6, 6.07) is 3.46. The quantitative estimate of drug-likeness (QED) is 0.861. The summed E-state index contributed by atoms with van der Waals surface area (Å²) >= 11 is 0. The Morgan fingerprint density at radius 3 is 2.45 bits per heavy atom. The normalized spacial score (nSPS) is 29.8. The molecular weight excluding hydrogens is 254 g/mol. The summed E-state index contributed by atoms with van der Waals surface area (Å²) in [5, 5.41) is 11.7. The molecule has 1 amide bonds. The Morgan fingerprint density at radius 1 is 1.35 bits per heavy atom. The molecule has 0 aromatic carbocycles. The lowest BCUT2D eigenvalue weighted by Gasteiger charge is -2.38. The molecule has 2 heterocycles. The molecule has 0 saturated carbocycles. The van der Waals surface area contributed by atoms with E-state index in [4.69, 9.17) is 10.00 Å². The number of alkyl carbamates (subject to hydrolysis) is 1. The Morgan fingerprint density at radius 2 is 1.95 bits per heavy atom. The molecule has 2 fully saturated rings. The molecule has 0 radical (unpaired) electrons. The van der Waals surface area contributed by atoms with E-state index in [9.17, 15) is 4.79 Å². The molecule has 2 unspecified atom stereocenters. The van der Waals surface area contributed by atoms with Crippen molar-refractivity contribution in [2.75, 3.05) is 6.54 Å². The number of nitrogens with one attached hydrogen (secondary N) is 1. The fourth-order valence-electron chi connectivity index (χ4n) is 3.41. The molecule has 0 aliphatic carbocycles. The van der Waals surface area contributed by atoms with Gasteiger partial charge in [-0.2, -0.15) is 5.26 Å². The van der Waals surface area contributed by atoms with E-state index in [0.29, 0.717) is 18.5 Å². The highest BCUT2D eigenvalue weighted by Gasteiger charge is 2.40. The van der Waals surface area contributed by atoms with Crippen LogP contribution in [0.2, 0.25) is 0 Å². The third kappa shape index (κ3) is 3.86. The maximum absolute atomic E-state index is 11.8. The molecule has 2 bridgehead atoms. The minimum Gasteiger partial charge on any atom is -0.444 e. The molecule has 2 aliphatic heterocycles. The van der Waals surface area contributed by atoms with Crippen LogP contribution in [0.3, 0.4) is 0 Å². The minimum absolute atomic E-state index is 0.209. The summed E-state index contributed by atoms with van der Waals surface area (Å²) < 4.78 is 5.32. The highest BCUT2D eigenvalue weighted by atomic mass is 16.6. The van der Waals surface area contributed by atoms with Crippen LogP contribution in [0, 0.1) is 11.3 Å². The predicted octanol–water partition coefficient (Wildman–Crippen LogP) is 2.42. The third-order valence-corrected chi connectivity index (χ3v) is 4.09. The van der Waals surface area contributed by atoms with Crippen molar-refractivity contribution in [2.45, 2.75) is 76.6 Å². The first-order valence-corrected chi connectivity index (χ1v) is 7.51. The van der Waals surface area contributed by atoms with Gasteiger partial charge in [0.15, 0.2) is 0 Å². The second-order valence-corrected chi connectivity index (χ2v) is 6.85. The van der Waals surface area contributed by atoms with E-state index >= 15 is 0 Å². The second-order valence-electron chi connectivity index (χ2n) is 6.85. The van der Waals surface area contributed by atoms with Crippen molar-refractivity contribution in [2.24, 2.45) is 0 Å². The van der Waals surface area contributed by atoms with E-state index in [2.05, 4.69) is 16.3 Å². The lowest BCUT2D eigenvalue weighted by atomic mass is 9.97. The molecule has 5 nitrogen and oxygen atoms in total. The van der Waals surface area contributed by atoms with Crippen molar-refractivity contribution in [1.29, 1.82) is 5.26 Å². The molecule has 2 saturated heterocycles. The SMILES string of the molecule is CC(C)(C)OC(=O)NC1CC2CCC(C1)N2CCC#N. The van der Waals surface area contributed by atoms with Crippen LogP contribution in [0.15, 0.2) is 0 Å². The van der Waals surface area contributed by atoms with Gasteiger partial charge in [-0.25, -0.2) is 4.79 Å². The fraction of sp³-hybridized carbons (Fsp3) is 0.867. The number of amides is 1. The van der Waals surface area contributed by atoms with E-state index in [1.165, 1.54) is 12.8 Å². The Hall–Kier alpha value is -1.28. The summed E-state index contributed by atoms with van der Waals surface area (Å²) in [7, 11) is 0. The average molecular weight is 279 g/mol. The molecule has 0 spiro atoms. The molecular formula is C15H25N3O2. The summed E-state index contributed by atoms with van der Waals surface area (Å²) in [4.78, 5) is 14.3. The summed E-state index contributed by atoms with van der Waals surface area (Å²) in [5.74, 6) is 0. The van der Waals surface area contributed by atoms with E-state index in [0.717, 1.165) is 19.4 Å². The lowest BCUT2D eigenvalue weighted by Crippen LogP contribution is -2.51. The number of piperidine rings is 1. The first-order chi connectivity index (χ1) is 9.39. The van der Waals surface area contributed by atoms with Gasteiger partial charge in [-0.1, -0.05) is 0 Å². The van der Waals surface area contributed by atoms with Crippen molar-refractivity contribution in [3.63, 3.8) is 0 Å². The number of carbonyl (C=O) groups is 1. The van der Waals surface area contributed by atoms with Gasteiger partial charge in [-0.15, -0.1) is 0 Å². The van der Waals surface area contributed by atoms with Crippen molar-refractivity contribution in [1.82, 2.24) is 10.2 Å². The van der Waals surface area contributed by atoms with E-state index in [1.54, 1.807) is 0 Å². The first kappa shape index (κ1) is 15.1. The topological polar surface area (TPSA) is 65.4 Å². The fourth-order valence-corrected chi connectivity index (χ4v) is 3.41. The monoisotopic (exact) mass is 279 g/mol. The maximum Gasteiger partial charge on any atom is 0.407 e. The van der Waals surface area contributed by atoms with Crippen LogP contribution in [-0.2, 0) is 4.74 Å². The number of nitriles is 1. The predicted molar refractivity (Wildman–Crippen MR) is 76.1 cm³/mol. The molecule has 2 aliphatic rings. The summed E-state index contributed by atoms with van der Waals surface area (Å²) in [6.07, 6.45) is 4.59. The standard InChI is InChI=1S/C15H25N3O2/c1-15(2,3)20-14(19)17-11-9-12-5-6-13(10-11)18(12)8-4-7-16/h11-13H,4-6,8-10H2,1-3H3,(H,17,19). The van der Waals surface area contributed by atoms with Crippen molar-refractivity contribution in [3.05, 3.63) is 0 Å². The number of fused-ring (bicyclic) bond motifs is 2. The van der Waals surface area contributed by atoms with Gasteiger partial charge in [0.2, 0.25) is 0 Å². The zero-order valence-corrected chi connectivity index (χ0v) is 12.7. The highest BCUT2D eigenvalue weighted by molar-refractivity contribution is 5.68. The molecule has 0 aromatic rings. The third-order valence-electron chi connectivity index (χ3n) is 4.09. The molecule has 2 atom stereocenters. The second kappa shape index (κ2) is 6.01. The van der Waals surface area contributed by atoms with Crippen LogP contribution in [0.25, 0.3) is 0 Å². The molecule has 1 N–H and O–H groups in total. The molecule has 20 heavy (non-hydrogen) atoms. The van der Waals surface area contributed by atoms with Gasteiger partial charge in [0, 0.05) is 31.1 Å². The van der Waals surface area contributed by atoms with Gasteiger partial charge in [0.25, 0.3) is 0 Å². The van der Waals surface area contributed by atoms with Gasteiger partial charge < -0.3 is 10.1 Å². The van der Waals surface area contributed by atoms with Crippen LogP contribution in [0.1, 0.15) is 52.9 Å². The highest BCUT2D eigenvalue weighted by Crippen LogP contribution is 2.35. The number of hydrogen-bond acceptors (Lipinski definition) is 4. The van der Waals surface area contributed by atoms with Gasteiger partial charge in [-0.05, 0) is 46.5 Å². The van der Waals surface area contributed by atoms with Gasteiger partial charge in [0.05, 0.1) is 6.07 Å². The molecule has 2 rings (SSSR count). The van der Waals surface area contributed by atoms with Crippen LogP contribution in [0.5, 0.6) is 0 Å². The Bertz CT molecular complexity index is 383. The summed E-state index contributed by atoms with van der Waals surface area (Å²) in [6.45, 7) is 6.49. The van der Waals surface area contributed by atoms with Crippen molar-refractivity contribution < 1.29 is 9.53 Å².